The van der Waals surface area contributed by atoms with E-state index in [1.54, 1.807) is 17.6 Å². The van der Waals surface area contributed by atoms with Crippen LogP contribution in [0, 0.1) is 27.7 Å². The maximum absolute atomic E-state index is 5.52. The lowest BCUT2D eigenvalue weighted by atomic mass is 10.2. The van der Waals surface area contributed by atoms with E-state index >= 15 is 0 Å². The van der Waals surface area contributed by atoms with Gasteiger partial charge in [-0.2, -0.15) is 15.1 Å². The Labute approximate surface area is 196 Å². The van der Waals surface area contributed by atoms with E-state index in [1.807, 2.05) is 32.9 Å². The van der Waals surface area contributed by atoms with Gasteiger partial charge >= 0.3 is 0 Å². The zero-order valence-corrected chi connectivity index (χ0v) is 20.0. The van der Waals surface area contributed by atoms with Crippen LogP contribution in [-0.2, 0) is 4.74 Å². The molecule has 170 valence electrons. The van der Waals surface area contributed by atoms with E-state index in [4.69, 9.17) is 19.7 Å². The number of benzene rings is 1. The van der Waals surface area contributed by atoms with Crippen LogP contribution < -0.4 is 10.3 Å². The van der Waals surface area contributed by atoms with Gasteiger partial charge in [-0.25, -0.2) is 9.97 Å². The number of morpholine rings is 1. The summed E-state index contributed by atoms with van der Waals surface area (Å²) in [4.78, 5) is 21.3. The first-order valence-corrected chi connectivity index (χ1v) is 11.7. The number of aryl methyl sites for hydroxylation is 4. The van der Waals surface area contributed by atoms with Crippen molar-refractivity contribution >= 4 is 40.5 Å². The molecule has 1 aromatic carbocycles. The molecule has 0 bridgehead atoms. The largest absolute Gasteiger partial charge is 0.378 e. The molecule has 33 heavy (non-hydrogen) atoms. The topological polar surface area (TPSA) is 93.4 Å². The number of ether oxygens (including phenoxy) is 1. The second kappa shape index (κ2) is 8.87. The van der Waals surface area contributed by atoms with Gasteiger partial charge in [0.05, 0.1) is 30.1 Å². The molecular formula is C23H26N8OS. The summed E-state index contributed by atoms with van der Waals surface area (Å²) in [6.45, 7) is 10.8. The summed E-state index contributed by atoms with van der Waals surface area (Å²) in [7, 11) is 0. The first kappa shape index (κ1) is 21.5. The Morgan fingerprint density at radius 3 is 2.61 bits per heavy atom. The third kappa shape index (κ3) is 4.31. The molecule has 0 spiro atoms. The van der Waals surface area contributed by atoms with Gasteiger partial charge < -0.3 is 9.64 Å². The highest BCUT2D eigenvalue weighted by molar-refractivity contribution is 7.14. The van der Waals surface area contributed by atoms with Gasteiger partial charge in [-0.1, -0.05) is 29.8 Å². The van der Waals surface area contributed by atoms with Crippen molar-refractivity contribution in [3.8, 4) is 5.00 Å². The lowest BCUT2D eigenvalue weighted by Gasteiger charge is -2.27. The molecule has 0 saturated carbocycles. The number of hydrogen-bond donors (Lipinski definition) is 1. The fourth-order valence-corrected chi connectivity index (χ4v) is 4.89. The van der Waals surface area contributed by atoms with Crippen molar-refractivity contribution in [2.45, 2.75) is 27.7 Å². The molecular weight excluding hydrogens is 436 g/mol. The van der Waals surface area contributed by atoms with Gasteiger partial charge in [-0.3, -0.25) is 9.99 Å². The van der Waals surface area contributed by atoms with Crippen LogP contribution in [0.25, 0.3) is 16.2 Å². The van der Waals surface area contributed by atoms with Gasteiger partial charge in [0.2, 0.25) is 5.95 Å². The smallest absolute Gasteiger partial charge is 0.229 e. The monoisotopic (exact) mass is 462 g/mol. The third-order valence-corrected chi connectivity index (χ3v) is 6.52. The number of fused-ring (bicyclic) bond motifs is 1. The highest BCUT2D eigenvalue weighted by Crippen LogP contribution is 2.31. The van der Waals surface area contributed by atoms with Crippen LogP contribution in [0.1, 0.15) is 27.7 Å². The number of rotatable bonds is 5. The molecule has 3 aromatic heterocycles. The molecule has 4 heterocycles. The van der Waals surface area contributed by atoms with Gasteiger partial charge in [0.1, 0.15) is 10.8 Å². The van der Waals surface area contributed by atoms with Crippen molar-refractivity contribution in [1.82, 2.24) is 24.5 Å². The van der Waals surface area contributed by atoms with Crippen molar-refractivity contribution in [2.24, 2.45) is 5.10 Å². The quantitative estimate of drug-likeness (QED) is 0.356. The molecule has 0 amide bonds. The highest BCUT2D eigenvalue weighted by atomic mass is 32.1. The molecule has 1 aliphatic heterocycles. The minimum absolute atomic E-state index is 0.575. The van der Waals surface area contributed by atoms with Gasteiger partial charge in [-0.05, 0) is 33.3 Å². The summed E-state index contributed by atoms with van der Waals surface area (Å²) in [5.41, 5.74) is 7.69. The summed E-state index contributed by atoms with van der Waals surface area (Å²) in [5.74, 6) is 2.04. The molecule has 0 aliphatic carbocycles. The Hall–Kier alpha value is -3.37. The Kier molecular flexibility index (Phi) is 5.77. The zero-order valence-electron chi connectivity index (χ0n) is 19.2. The molecule has 5 rings (SSSR count). The normalized spacial score (nSPS) is 14.5. The molecule has 10 heteroatoms. The zero-order chi connectivity index (χ0) is 22.9. The number of hydrazone groups is 1. The highest BCUT2D eigenvalue weighted by Gasteiger charge is 2.22. The van der Waals surface area contributed by atoms with Crippen LogP contribution in [0.3, 0.4) is 0 Å². The van der Waals surface area contributed by atoms with Crippen LogP contribution in [-0.4, -0.2) is 57.0 Å². The van der Waals surface area contributed by atoms with Crippen molar-refractivity contribution in [2.75, 3.05) is 36.6 Å². The summed E-state index contributed by atoms with van der Waals surface area (Å²) in [6.07, 6.45) is 1.79. The van der Waals surface area contributed by atoms with E-state index in [9.17, 15) is 0 Å². The van der Waals surface area contributed by atoms with Gasteiger partial charge in [-0.15, -0.1) is 11.3 Å². The van der Waals surface area contributed by atoms with Crippen LogP contribution in [0.15, 0.2) is 29.4 Å². The van der Waals surface area contributed by atoms with Gasteiger partial charge in [0.25, 0.3) is 0 Å². The summed E-state index contributed by atoms with van der Waals surface area (Å²) in [6, 6.07) is 8.17. The number of nitrogens with one attached hydrogen (secondary N) is 1. The first-order chi connectivity index (χ1) is 16.0. The molecule has 1 aliphatic rings. The van der Waals surface area contributed by atoms with E-state index in [-0.39, 0.29) is 0 Å². The third-order valence-electron chi connectivity index (χ3n) is 5.47. The van der Waals surface area contributed by atoms with E-state index in [2.05, 4.69) is 44.0 Å². The van der Waals surface area contributed by atoms with Gasteiger partial charge in [0.15, 0.2) is 17.0 Å². The fraction of sp³-hybridized carbons (Fsp3) is 0.348. The summed E-state index contributed by atoms with van der Waals surface area (Å²) < 4.78 is 7.58. The average molecular weight is 463 g/mol. The van der Waals surface area contributed by atoms with E-state index in [0.29, 0.717) is 30.5 Å². The minimum atomic E-state index is 0.575. The Balaban J connectivity index is 1.60. The summed E-state index contributed by atoms with van der Waals surface area (Å²) in [5, 5.41) is 6.48. The number of nitrogens with zero attached hydrogens (tertiary/aromatic N) is 7. The molecule has 4 aromatic rings. The second-order valence-corrected chi connectivity index (χ2v) is 9.23. The number of hydrogen-bond acceptors (Lipinski definition) is 9. The van der Waals surface area contributed by atoms with E-state index in [1.165, 1.54) is 5.56 Å². The standard InChI is InChI=1S/C23H26N8OS/c1-14-6-5-7-18(12-14)13-24-29-20-19-21(28-23(27-20)30-8-10-32-11-9-30)31(16(3)26-19)22-15(2)25-17(4)33-22/h5-7,12-13H,8-11H2,1-4H3,(H,27,28,29)/b24-13+. The SMILES string of the molecule is Cc1cccc(/C=N/Nc2nc(N3CCOCC3)nc3c2nc(C)n3-c2sc(C)nc2C)c1. The maximum atomic E-state index is 5.52. The minimum Gasteiger partial charge on any atom is -0.378 e. The number of thiazole rings is 1. The maximum Gasteiger partial charge on any atom is 0.229 e. The molecule has 0 radical (unpaired) electrons. The molecule has 0 atom stereocenters. The predicted octanol–water partition coefficient (Wildman–Crippen LogP) is 3.79. The Bertz CT molecular complexity index is 1340. The second-order valence-electron chi connectivity index (χ2n) is 8.05. The van der Waals surface area contributed by atoms with Crippen molar-refractivity contribution in [1.29, 1.82) is 0 Å². The summed E-state index contributed by atoms with van der Waals surface area (Å²) >= 11 is 1.63. The fourth-order valence-electron chi connectivity index (χ4n) is 3.93. The Morgan fingerprint density at radius 1 is 1.06 bits per heavy atom. The van der Waals surface area contributed by atoms with Crippen molar-refractivity contribution in [3.63, 3.8) is 0 Å². The van der Waals surface area contributed by atoms with E-state index < -0.39 is 0 Å². The van der Waals surface area contributed by atoms with Crippen molar-refractivity contribution < 1.29 is 4.74 Å². The average Bonchev–Trinajstić information content (AvgIpc) is 3.31. The van der Waals surface area contributed by atoms with Crippen LogP contribution in [0.4, 0.5) is 11.8 Å². The molecule has 1 fully saturated rings. The van der Waals surface area contributed by atoms with Crippen LogP contribution >= 0.6 is 11.3 Å². The molecule has 0 unspecified atom stereocenters. The Morgan fingerprint density at radius 2 is 1.88 bits per heavy atom. The number of aromatic nitrogens is 5. The molecule has 1 saturated heterocycles. The lowest BCUT2D eigenvalue weighted by Crippen LogP contribution is -2.37. The molecule has 1 N–H and O–H groups in total. The number of anilines is 2. The van der Waals surface area contributed by atoms with Gasteiger partial charge in [0, 0.05) is 13.1 Å². The first-order valence-electron chi connectivity index (χ1n) is 10.9. The van der Waals surface area contributed by atoms with Crippen LogP contribution in [0.2, 0.25) is 0 Å². The lowest BCUT2D eigenvalue weighted by molar-refractivity contribution is 0.122. The van der Waals surface area contributed by atoms with E-state index in [0.717, 1.165) is 45.8 Å². The van der Waals surface area contributed by atoms with Crippen LogP contribution in [0.5, 0.6) is 0 Å². The molecule has 9 nitrogen and oxygen atoms in total. The number of imidazole rings is 1. The predicted molar refractivity (Wildman–Crippen MR) is 132 cm³/mol. The van der Waals surface area contributed by atoms with Crippen molar-refractivity contribution in [3.05, 3.63) is 51.9 Å².